The van der Waals surface area contributed by atoms with Gasteiger partial charge in [-0.05, 0) is 84.5 Å². The molecule has 0 fully saturated rings. The lowest BCUT2D eigenvalue weighted by Gasteiger charge is -2.19. The first-order valence-electron chi connectivity index (χ1n) is 10.7. The molecule has 0 spiro atoms. The summed E-state index contributed by atoms with van der Waals surface area (Å²) in [5.41, 5.74) is 5.00. The van der Waals surface area contributed by atoms with Gasteiger partial charge in [-0.3, -0.25) is 9.59 Å². The second kappa shape index (κ2) is 10.2. The summed E-state index contributed by atoms with van der Waals surface area (Å²) in [5.74, 6) is 0.273. The molecule has 0 heterocycles. The lowest BCUT2D eigenvalue weighted by molar-refractivity contribution is -0.118. The minimum absolute atomic E-state index is 0.0379. The molecule has 2 amide bonds. The molecule has 2 N–H and O–H groups in total. The van der Waals surface area contributed by atoms with Crippen LogP contribution in [0.4, 0.5) is 11.4 Å². The largest absolute Gasteiger partial charge is 0.483 e. The number of nitrogens with one attached hydrogen (secondary N) is 2. The summed E-state index contributed by atoms with van der Waals surface area (Å²) in [6, 6.07) is 18.5. The standard InChI is InChI=1S/C27H29BrN2O3/c1-17-14-21(28)15-18(2)25(17)33-16-24(31)29-22-10-12-23(13-11-22)30-26(32)19-6-8-20(9-7-19)27(3,4)5/h6-15H,16H2,1-5H3,(H,29,31)(H,30,32). The number of amides is 2. The molecule has 3 aromatic rings. The van der Waals surface area contributed by atoms with Crippen LogP contribution in [0.1, 0.15) is 47.8 Å². The van der Waals surface area contributed by atoms with Crippen LogP contribution >= 0.6 is 15.9 Å². The van der Waals surface area contributed by atoms with Crippen LogP contribution in [0.25, 0.3) is 0 Å². The molecule has 3 aromatic carbocycles. The quantitative estimate of drug-likeness (QED) is 0.392. The van der Waals surface area contributed by atoms with Crippen molar-refractivity contribution >= 4 is 39.1 Å². The normalized spacial score (nSPS) is 11.1. The molecule has 0 aliphatic carbocycles. The zero-order valence-corrected chi connectivity index (χ0v) is 21.2. The highest BCUT2D eigenvalue weighted by Gasteiger charge is 2.14. The van der Waals surface area contributed by atoms with Crippen LogP contribution in [-0.4, -0.2) is 18.4 Å². The first-order chi connectivity index (χ1) is 15.5. The molecular formula is C27H29BrN2O3. The highest BCUT2D eigenvalue weighted by atomic mass is 79.9. The minimum Gasteiger partial charge on any atom is -0.483 e. The van der Waals surface area contributed by atoms with Crippen molar-refractivity contribution in [3.05, 3.63) is 87.4 Å². The number of anilines is 2. The van der Waals surface area contributed by atoms with Crippen molar-refractivity contribution in [2.45, 2.75) is 40.0 Å². The molecule has 5 nitrogen and oxygen atoms in total. The number of aryl methyl sites for hydroxylation is 2. The van der Waals surface area contributed by atoms with Gasteiger partial charge in [0, 0.05) is 21.4 Å². The maximum absolute atomic E-state index is 12.5. The monoisotopic (exact) mass is 508 g/mol. The molecule has 0 unspecified atom stereocenters. The fourth-order valence-corrected chi connectivity index (χ4v) is 4.11. The van der Waals surface area contributed by atoms with Crippen molar-refractivity contribution < 1.29 is 14.3 Å². The average Bonchev–Trinajstić information content (AvgIpc) is 2.74. The van der Waals surface area contributed by atoms with Crippen LogP contribution in [-0.2, 0) is 10.2 Å². The van der Waals surface area contributed by atoms with Gasteiger partial charge in [-0.1, -0.05) is 48.8 Å². The smallest absolute Gasteiger partial charge is 0.262 e. The van der Waals surface area contributed by atoms with E-state index >= 15 is 0 Å². The number of benzene rings is 3. The summed E-state index contributed by atoms with van der Waals surface area (Å²) in [4.78, 5) is 24.8. The molecule has 3 rings (SSSR count). The van der Waals surface area contributed by atoms with Crippen molar-refractivity contribution in [1.82, 2.24) is 0 Å². The van der Waals surface area contributed by atoms with Crippen LogP contribution < -0.4 is 15.4 Å². The van der Waals surface area contributed by atoms with Gasteiger partial charge >= 0.3 is 0 Å². The van der Waals surface area contributed by atoms with E-state index in [1.807, 2.05) is 50.2 Å². The Hall–Kier alpha value is -3.12. The molecule has 0 aromatic heterocycles. The Balaban J connectivity index is 1.54. The third-order valence-corrected chi connectivity index (χ3v) is 5.67. The molecule has 172 valence electrons. The summed E-state index contributed by atoms with van der Waals surface area (Å²) in [6.45, 7) is 10.2. The molecule has 0 radical (unpaired) electrons. The Labute approximate surface area is 203 Å². The summed E-state index contributed by atoms with van der Waals surface area (Å²) in [5, 5.41) is 5.69. The summed E-state index contributed by atoms with van der Waals surface area (Å²) in [6.07, 6.45) is 0. The summed E-state index contributed by atoms with van der Waals surface area (Å²) >= 11 is 3.45. The number of hydrogen-bond acceptors (Lipinski definition) is 3. The molecule has 0 saturated heterocycles. The van der Waals surface area contributed by atoms with E-state index in [4.69, 9.17) is 4.74 Å². The third kappa shape index (κ3) is 6.68. The van der Waals surface area contributed by atoms with E-state index in [0.29, 0.717) is 22.7 Å². The van der Waals surface area contributed by atoms with Gasteiger partial charge in [0.2, 0.25) is 0 Å². The van der Waals surface area contributed by atoms with Gasteiger partial charge in [0.15, 0.2) is 6.61 Å². The zero-order valence-electron chi connectivity index (χ0n) is 19.6. The number of hydrogen-bond donors (Lipinski definition) is 2. The maximum atomic E-state index is 12.5. The molecule has 6 heteroatoms. The predicted octanol–water partition coefficient (Wildman–Crippen LogP) is 6.63. The molecule has 0 aliphatic heterocycles. The highest BCUT2D eigenvalue weighted by molar-refractivity contribution is 9.10. The third-order valence-electron chi connectivity index (χ3n) is 5.21. The Bertz CT molecular complexity index is 1120. The molecule has 0 bridgehead atoms. The van der Waals surface area contributed by atoms with E-state index < -0.39 is 0 Å². The van der Waals surface area contributed by atoms with Crippen molar-refractivity contribution in [3.63, 3.8) is 0 Å². The van der Waals surface area contributed by atoms with E-state index in [-0.39, 0.29) is 23.8 Å². The average molecular weight is 509 g/mol. The van der Waals surface area contributed by atoms with Gasteiger partial charge in [0.25, 0.3) is 11.8 Å². The first-order valence-corrected chi connectivity index (χ1v) is 11.5. The first kappa shape index (κ1) is 24.5. The number of carbonyl (C=O) groups is 2. The lowest BCUT2D eigenvalue weighted by atomic mass is 9.87. The van der Waals surface area contributed by atoms with Crippen LogP contribution in [0.2, 0.25) is 0 Å². The van der Waals surface area contributed by atoms with Crippen LogP contribution in [0.3, 0.4) is 0 Å². The Morgan fingerprint density at radius 2 is 1.36 bits per heavy atom. The van der Waals surface area contributed by atoms with E-state index in [1.54, 1.807) is 24.3 Å². The van der Waals surface area contributed by atoms with Crippen molar-refractivity contribution in [2.75, 3.05) is 17.2 Å². The van der Waals surface area contributed by atoms with Gasteiger partial charge < -0.3 is 15.4 Å². The van der Waals surface area contributed by atoms with E-state index in [1.165, 1.54) is 5.56 Å². The van der Waals surface area contributed by atoms with Crippen LogP contribution in [0.15, 0.2) is 65.1 Å². The second-order valence-electron chi connectivity index (χ2n) is 9.06. The Morgan fingerprint density at radius 3 is 1.88 bits per heavy atom. The number of halogens is 1. The number of carbonyl (C=O) groups excluding carboxylic acids is 2. The number of rotatable bonds is 6. The van der Waals surface area contributed by atoms with Gasteiger partial charge in [-0.15, -0.1) is 0 Å². The van der Waals surface area contributed by atoms with Crippen LogP contribution in [0.5, 0.6) is 5.75 Å². The fourth-order valence-electron chi connectivity index (χ4n) is 3.42. The van der Waals surface area contributed by atoms with Gasteiger partial charge in [-0.25, -0.2) is 0 Å². The summed E-state index contributed by atoms with van der Waals surface area (Å²) < 4.78 is 6.70. The molecule has 0 saturated carbocycles. The molecule has 0 aliphatic rings. The van der Waals surface area contributed by atoms with Crippen molar-refractivity contribution in [2.24, 2.45) is 0 Å². The SMILES string of the molecule is Cc1cc(Br)cc(C)c1OCC(=O)Nc1ccc(NC(=O)c2ccc(C(C)(C)C)cc2)cc1. The van der Waals surface area contributed by atoms with Crippen molar-refractivity contribution in [1.29, 1.82) is 0 Å². The van der Waals surface area contributed by atoms with Crippen molar-refractivity contribution in [3.8, 4) is 5.75 Å². The van der Waals surface area contributed by atoms with Gasteiger partial charge in [0.05, 0.1) is 0 Å². The molecule has 0 atom stereocenters. The predicted molar refractivity (Wildman–Crippen MR) is 137 cm³/mol. The fraction of sp³-hybridized carbons (Fsp3) is 0.259. The van der Waals surface area contributed by atoms with E-state index in [0.717, 1.165) is 15.6 Å². The Kier molecular flexibility index (Phi) is 7.59. The second-order valence-corrected chi connectivity index (χ2v) is 9.98. The zero-order chi connectivity index (χ0) is 24.2. The van der Waals surface area contributed by atoms with Crippen LogP contribution in [0, 0.1) is 13.8 Å². The topological polar surface area (TPSA) is 67.4 Å². The maximum Gasteiger partial charge on any atom is 0.262 e. The molecular weight excluding hydrogens is 480 g/mol. The lowest BCUT2D eigenvalue weighted by Crippen LogP contribution is -2.20. The van der Waals surface area contributed by atoms with Gasteiger partial charge in [0.1, 0.15) is 5.75 Å². The van der Waals surface area contributed by atoms with E-state index in [2.05, 4.69) is 47.3 Å². The summed E-state index contributed by atoms with van der Waals surface area (Å²) in [7, 11) is 0. The highest BCUT2D eigenvalue weighted by Crippen LogP contribution is 2.27. The minimum atomic E-state index is -0.257. The number of ether oxygens (including phenoxy) is 1. The van der Waals surface area contributed by atoms with Gasteiger partial charge in [-0.2, -0.15) is 0 Å². The van der Waals surface area contributed by atoms with E-state index in [9.17, 15) is 9.59 Å². The Morgan fingerprint density at radius 1 is 0.848 bits per heavy atom. The molecule has 33 heavy (non-hydrogen) atoms.